The molecule has 0 saturated carbocycles. The van der Waals surface area contributed by atoms with Crippen molar-refractivity contribution in [3.63, 3.8) is 0 Å². The number of hydrogen-bond acceptors (Lipinski definition) is 5. The first kappa shape index (κ1) is 22.3. The third-order valence-corrected chi connectivity index (χ3v) is 5.31. The number of esters is 1. The first-order valence-electron chi connectivity index (χ1n) is 10.4. The normalized spacial score (nSPS) is 16.5. The molecule has 2 amide bonds. The van der Waals surface area contributed by atoms with Gasteiger partial charge in [0.15, 0.2) is 0 Å². The smallest absolute Gasteiger partial charge is 0.329 e. The van der Waals surface area contributed by atoms with Gasteiger partial charge in [-0.25, -0.2) is 4.79 Å². The lowest BCUT2D eigenvalue weighted by Crippen LogP contribution is -2.52. The van der Waals surface area contributed by atoms with Crippen molar-refractivity contribution in [2.45, 2.75) is 44.9 Å². The van der Waals surface area contributed by atoms with Crippen LogP contribution in [0.25, 0.3) is 0 Å². The van der Waals surface area contributed by atoms with Crippen molar-refractivity contribution in [3.8, 4) is 5.75 Å². The lowest BCUT2D eigenvalue weighted by atomic mass is 10.0. The first-order valence-corrected chi connectivity index (χ1v) is 10.4. The van der Waals surface area contributed by atoms with Crippen LogP contribution in [0.4, 0.5) is 0 Å². The summed E-state index contributed by atoms with van der Waals surface area (Å²) in [6.45, 7) is 2.01. The second kappa shape index (κ2) is 10.6. The lowest BCUT2D eigenvalue weighted by Gasteiger charge is -2.28. The first-order chi connectivity index (χ1) is 15.0. The zero-order chi connectivity index (χ0) is 22.2. The van der Waals surface area contributed by atoms with E-state index in [1.54, 1.807) is 7.11 Å². The van der Waals surface area contributed by atoms with Crippen molar-refractivity contribution in [1.82, 2.24) is 10.2 Å². The molecule has 164 valence electrons. The van der Waals surface area contributed by atoms with Gasteiger partial charge in [-0.1, -0.05) is 42.5 Å². The molecule has 7 nitrogen and oxygen atoms in total. The average Bonchev–Trinajstić information content (AvgIpc) is 3.27. The molecule has 2 atom stereocenters. The number of ether oxygens (including phenoxy) is 2. The molecule has 1 heterocycles. The highest BCUT2D eigenvalue weighted by Gasteiger charge is 2.38. The summed E-state index contributed by atoms with van der Waals surface area (Å²) < 4.78 is 10.6. The van der Waals surface area contributed by atoms with E-state index >= 15 is 0 Å². The third kappa shape index (κ3) is 6.07. The van der Waals surface area contributed by atoms with Crippen LogP contribution in [0.2, 0.25) is 0 Å². The van der Waals surface area contributed by atoms with Crippen LogP contribution in [0.15, 0.2) is 54.6 Å². The van der Waals surface area contributed by atoms with Crippen LogP contribution in [-0.2, 0) is 32.1 Å². The SMILES string of the molecule is COc1ccc(C[C@@H](NC(C)=O)C(=O)N2CCCC2C(=O)OCc2ccccc2)cc1. The molecule has 1 saturated heterocycles. The summed E-state index contributed by atoms with van der Waals surface area (Å²) >= 11 is 0. The number of methoxy groups -OCH3 is 1. The minimum atomic E-state index is -0.756. The zero-order valence-electron chi connectivity index (χ0n) is 17.9. The van der Waals surface area contributed by atoms with E-state index in [4.69, 9.17) is 9.47 Å². The van der Waals surface area contributed by atoms with Gasteiger partial charge in [0.25, 0.3) is 0 Å². The van der Waals surface area contributed by atoms with E-state index < -0.39 is 18.1 Å². The summed E-state index contributed by atoms with van der Waals surface area (Å²) in [4.78, 5) is 39.3. The Morgan fingerprint density at radius 1 is 1.06 bits per heavy atom. The van der Waals surface area contributed by atoms with Crippen molar-refractivity contribution < 1.29 is 23.9 Å². The summed E-state index contributed by atoms with van der Waals surface area (Å²) in [5.41, 5.74) is 1.78. The number of nitrogens with zero attached hydrogens (tertiary/aromatic N) is 1. The molecular weight excluding hydrogens is 396 g/mol. The number of benzene rings is 2. The van der Waals surface area contributed by atoms with Gasteiger partial charge in [0.1, 0.15) is 24.4 Å². The molecule has 2 aromatic carbocycles. The number of amides is 2. The topological polar surface area (TPSA) is 84.9 Å². The van der Waals surface area contributed by atoms with Gasteiger partial charge in [0.2, 0.25) is 11.8 Å². The van der Waals surface area contributed by atoms with Crippen LogP contribution >= 0.6 is 0 Å². The molecule has 2 aromatic rings. The zero-order valence-corrected chi connectivity index (χ0v) is 17.9. The Kier molecular flexibility index (Phi) is 7.65. The fourth-order valence-corrected chi connectivity index (χ4v) is 3.74. The van der Waals surface area contributed by atoms with Gasteiger partial charge in [-0.2, -0.15) is 0 Å². The maximum absolute atomic E-state index is 13.3. The minimum absolute atomic E-state index is 0.166. The minimum Gasteiger partial charge on any atom is -0.497 e. The lowest BCUT2D eigenvalue weighted by molar-refractivity contribution is -0.155. The number of carbonyl (C=O) groups excluding carboxylic acids is 3. The van der Waals surface area contributed by atoms with E-state index in [-0.39, 0.29) is 18.4 Å². The number of nitrogens with one attached hydrogen (secondary N) is 1. The van der Waals surface area contributed by atoms with E-state index in [0.29, 0.717) is 31.6 Å². The van der Waals surface area contributed by atoms with Crippen LogP contribution in [0.5, 0.6) is 5.75 Å². The summed E-state index contributed by atoms with van der Waals surface area (Å²) in [6, 6.07) is 15.4. The molecule has 0 spiro atoms. The van der Waals surface area contributed by atoms with Gasteiger partial charge < -0.3 is 19.7 Å². The maximum atomic E-state index is 13.3. The highest BCUT2D eigenvalue weighted by molar-refractivity contribution is 5.91. The second-order valence-corrected chi connectivity index (χ2v) is 7.59. The van der Waals surface area contributed by atoms with Crippen molar-refractivity contribution in [3.05, 3.63) is 65.7 Å². The molecule has 0 bridgehead atoms. The Morgan fingerprint density at radius 3 is 2.42 bits per heavy atom. The highest BCUT2D eigenvalue weighted by Crippen LogP contribution is 2.22. The fraction of sp³-hybridized carbons (Fsp3) is 0.375. The monoisotopic (exact) mass is 424 g/mol. The molecule has 31 heavy (non-hydrogen) atoms. The van der Waals surface area contributed by atoms with Crippen LogP contribution < -0.4 is 10.1 Å². The average molecular weight is 424 g/mol. The van der Waals surface area contributed by atoms with E-state index in [1.807, 2.05) is 54.6 Å². The predicted molar refractivity (Wildman–Crippen MR) is 115 cm³/mol. The maximum Gasteiger partial charge on any atom is 0.329 e. The molecule has 3 rings (SSSR count). The molecule has 0 radical (unpaired) electrons. The largest absolute Gasteiger partial charge is 0.497 e. The molecule has 1 N–H and O–H groups in total. The number of rotatable bonds is 8. The van der Waals surface area contributed by atoms with Crippen LogP contribution in [0.1, 0.15) is 30.9 Å². The van der Waals surface area contributed by atoms with E-state index in [1.165, 1.54) is 11.8 Å². The Bertz CT molecular complexity index is 898. The molecule has 1 aliphatic heterocycles. The highest BCUT2D eigenvalue weighted by atomic mass is 16.5. The van der Waals surface area contributed by atoms with Gasteiger partial charge in [-0.15, -0.1) is 0 Å². The predicted octanol–water partition coefficient (Wildman–Crippen LogP) is 2.48. The van der Waals surface area contributed by atoms with Gasteiger partial charge in [-0.3, -0.25) is 9.59 Å². The van der Waals surface area contributed by atoms with E-state index in [0.717, 1.165) is 11.1 Å². The number of hydrogen-bond donors (Lipinski definition) is 1. The van der Waals surface area contributed by atoms with Crippen LogP contribution in [0.3, 0.4) is 0 Å². The number of likely N-dealkylation sites (tertiary alicyclic amines) is 1. The molecule has 0 aromatic heterocycles. The summed E-state index contributed by atoms with van der Waals surface area (Å²) in [6.07, 6.45) is 1.59. The van der Waals surface area contributed by atoms with E-state index in [2.05, 4.69) is 5.32 Å². The quantitative estimate of drug-likeness (QED) is 0.658. The molecule has 1 aliphatic rings. The van der Waals surface area contributed by atoms with Gasteiger partial charge in [0, 0.05) is 19.9 Å². The Hall–Kier alpha value is -3.35. The molecule has 0 aliphatic carbocycles. The van der Waals surface area contributed by atoms with Gasteiger partial charge >= 0.3 is 5.97 Å². The van der Waals surface area contributed by atoms with Crippen LogP contribution in [0, 0.1) is 0 Å². The summed E-state index contributed by atoms with van der Waals surface area (Å²) in [7, 11) is 1.59. The van der Waals surface area contributed by atoms with Crippen LogP contribution in [-0.4, -0.2) is 48.4 Å². The molecule has 7 heteroatoms. The summed E-state index contributed by atoms with van der Waals surface area (Å²) in [5, 5.41) is 2.74. The second-order valence-electron chi connectivity index (χ2n) is 7.59. The summed E-state index contributed by atoms with van der Waals surface area (Å²) in [5.74, 6) is -0.271. The Balaban J connectivity index is 1.67. The Labute approximate surface area is 182 Å². The standard InChI is InChI=1S/C24H28N2O5/c1-17(27)25-21(15-18-10-12-20(30-2)13-11-18)23(28)26-14-6-9-22(26)24(29)31-16-19-7-4-3-5-8-19/h3-5,7-8,10-13,21-22H,6,9,14-16H2,1-2H3,(H,25,27)/t21-,22?/m1/s1. The van der Waals surface area contributed by atoms with Crippen molar-refractivity contribution in [2.24, 2.45) is 0 Å². The van der Waals surface area contributed by atoms with Crippen molar-refractivity contribution >= 4 is 17.8 Å². The van der Waals surface area contributed by atoms with Crippen molar-refractivity contribution in [2.75, 3.05) is 13.7 Å². The van der Waals surface area contributed by atoms with Crippen molar-refractivity contribution in [1.29, 1.82) is 0 Å². The fourth-order valence-electron chi connectivity index (χ4n) is 3.74. The molecule has 1 unspecified atom stereocenters. The van der Waals surface area contributed by atoms with E-state index in [9.17, 15) is 14.4 Å². The molecular formula is C24H28N2O5. The Morgan fingerprint density at radius 2 is 1.77 bits per heavy atom. The molecule has 1 fully saturated rings. The third-order valence-electron chi connectivity index (χ3n) is 5.31. The number of carbonyl (C=O) groups is 3. The van der Waals surface area contributed by atoms with Gasteiger partial charge in [-0.05, 0) is 36.1 Å². The van der Waals surface area contributed by atoms with Gasteiger partial charge in [0.05, 0.1) is 7.11 Å².